The maximum atomic E-state index is 6.32. The van der Waals surface area contributed by atoms with Crippen LogP contribution >= 0.6 is 27.5 Å². The molecule has 2 N–H and O–H groups in total. The Hall–Kier alpha value is -1.29. The zero-order chi connectivity index (χ0) is 14.3. The van der Waals surface area contributed by atoms with Crippen molar-refractivity contribution >= 4 is 38.5 Å². The molecule has 0 spiro atoms. The summed E-state index contributed by atoms with van der Waals surface area (Å²) >= 11 is 9.50. The van der Waals surface area contributed by atoms with Crippen molar-refractivity contribution in [1.82, 2.24) is 0 Å². The maximum Gasteiger partial charge on any atom is 0.134 e. The van der Waals surface area contributed by atoms with E-state index in [-0.39, 0.29) is 6.04 Å². The molecule has 1 unspecified atom stereocenters. The fourth-order valence-corrected chi connectivity index (χ4v) is 2.92. The van der Waals surface area contributed by atoms with Gasteiger partial charge in [0.15, 0.2) is 0 Å². The molecule has 0 amide bonds. The topological polar surface area (TPSA) is 39.2 Å². The molecule has 20 heavy (non-hydrogen) atoms. The van der Waals surface area contributed by atoms with Crippen LogP contribution in [-0.4, -0.2) is 0 Å². The van der Waals surface area contributed by atoms with E-state index in [0.717, 1.165) is 32.3 Å². The van der Waals surface area contributed by atoms with E-state index in [1.165, 1.54) is 0 Å². The van der Waals surface area contributed by atoms with Gasteiger partial charge in [-0.25, -0.2) is 0 Å². The van der Waals surface area contributed by atoms with E-state index >= 15 is 0 Å². The number of fused-ring (bicyclic) bond motifs is 1. The summed E-state index contributed by atoms with van der Waals surface area (Å²) in [4.78, 5) is 0. The first-order chi connectivity index (χ1) is 9.56. The van der Waals surface area contributed by atoms with Crippen LogP contribution in [0.25, 0.3) is 11.0 Å². The van der Waals surface area contributed by atoms with Crippen LogP contribution < -0.4 is 5.73 Å². The minimum atomic E-state index is -0.320. The lowest BCUT2D eigenvalue weighted by atomic mass is 10.0. The van der Waals surface area contributed by atoms with Gasteiger partial charge in [-0.05, 0) is 42.8 Å². The van der Waals surface area contributed by atoms with Crippen molar-refractivity contribution < 1.29 is 4.42 Å². The van der Waals surface area contributed by atoms with Crippen LogP contribution in [0.5, 0.6) is 0 Å². The zero-order valence-corrected chi connectivity index (χ0v) is 13.2. The van der Waals surface area contributed by atoms with E-state index < -0.39 is 0 Å². The molecule has 0 saturated carbocycles. The monoisotopic (exact) mass is 349 g/mol. The van der Waals surface area contributed by atoms with Gasteiger partial charge in [0.25, 0.3) is 0 Å². The third kappa shape index (κ3) is 2.37. The van der Waals surface area contributed by atoms with Crippen LogP contribution in [0, 0.1) is 6.92 Å². The molecule has 0 fully saturated rings. The zero-order valence-electron chi connectivity index (χ0n) is 10.9. The Kier molecular flexibility index (Phi) is 3.59. The Labute approximate surface area is 130 Å². The highest BCUT2D eigenvalue weighted by molar-refractivity contribution is 9.10. The molecule has 1 aromatic heterocycles. The first kappa shape index (κ1) is 13.7. The molecule has 0 aliphatic heterocycles. The molecule has 2 aromatic carbocycles. The van der Waals surface area contributed by atoms with Crippen LogP contribution in [0.1, 0.15) is 22.9 Å². The molecular formula is C16H13BrClNO. The van der Waals surface area contributed by atoms with E-state index in [1.807, 2.05) is 49.4 Å². The summed E-state index contributed by atoms with van der Waals surface area (Å²) in [5.74, 6) is 0.778. The molecule has 1 atom stereocenters. The number of furan rings is 1. The smallest absolute Gasteiger partial charge is 0.134 e. The van der Waals surface area contributed by atoms with Crippen molar-refractivity contribution in [3.63, 3.8) is 0 Å². The Morgan fingerprint density at radius 2 is 2.00 bits per heavy atom. The fourth-order valence-electron chi connectivity index (χ4n) is 2.36. The highest BCUT2D eigenvalue weighted by Gasteiger charge is 2.19. The van der Waals surface area contributed by atoms with Crippen LogP contribution in [0.2, 0.25) is 5.02 Å². The number of nitrogens with two attached hydrogens (primary N) is 1. The van der Waals surface area contributed by atoms with Crippen LogP contribution in [-0.2, 0) is 0 Å². The normalized spacial score (nSPS) is 12.8. The van der Waals surface area contributed by atoms with Crippen LogP contribution in [0.3, 0.4) is 0 Å². The van der Waals surface area contributed by atoms with Crippen LogP contribution in [0.4, 0.5) is 0 Å². The van der Waals surface area contributed by atoms with Crippen molar-refractivity contribution in [3.05, 3.63) is 68.8 Å². The minimum Gasteiger partial charge on any atom is -0.459 e. The molecule has 102 valence electrons. The second-order valence-corrected chi connectivity index (χ2v) is 6.12. The van der Waals surface area contributed by atoms with Gasteiger partial charge in [-0.1, -0.05) is 39.7 Å². The highest BCUT2D eigenvalue weighted by atomic mass is 79.9. The molecule has 3 aromatic rings. The molecule has 0 radical (unpaired) electrons. The average molecular weight is 351 g/mol. The first-order valence-electron chi connectivity index (χ1n) is 6.26. The number of aryl methyl sites for hydroxylation is 1. The molecular weight excluding hydrogens is 338 g/mol. The lowest BCUT2D eigenvalue weighted by molar-refractivity contribution is 0.521. The van der Waals surface area contributed by atoms with Gasteiger partial charge in [0.2, 0.25) is 0 Å². The van der Waals surface area contributed by atoms with E-state index in [4.69, 9.17) is 21.8 Å². The summed E-state index contributed by atoms with van der Waals surface area (Å²) in [6, 6.07) is 13.2. The molecule has 0 aliphatic carbocycles. The summed E-state index contributed by atoms with van der Waals surface area (Å²) in [6.45, 7) is 2.03. The van der Waals surface area contributed by atoms with Gasteiger partial charge in [0, 0.05) is 20.4 Å². The van der Waals surface area contributed by atoms with Crippen molar-refractivity contribution in [1.29, 1.82) is 0 Å². The average Bonchev–Trinajstić information content (AvgIpc) is 2.75. The molecule has 1 heterocycles. The van der Waals surface area contributed by atoms with Crippen molar-refractivity contribution in [2.45, 2.75) is 13.0 Å². The summed E-state index contributed by atoms with van der Waals surface area (Å²) in [5.41, 5.74) is 9.18. The van der Waals surface area contributed by atoms with E-state index in [1.54, 1.807) is 0 Å². The Balaban J connectivity index is 2.12. The Morgan fingerprint density at radius 3 is 2.75 bits per heavy atom. The van der Waals surface area contributed by atoms with Crippen molar-refractivity contribution in [2.75, 3.05) is 0 Å². The quantitative estimate of drug-likeness (QED) is 0.689. The predicted octanol–water partition coefficient (Wildman–Crippen LogP) is 5.21. The van der Waals surface area contributed by atoms with Crippen molar-refractivity contribution in [3.8, 4) is 0 Å². The summed E-state index contributed by atoms with van der Waals surface area (Å²) in [7, 11) is 0. The largest absolute Gasteiger partial charge is 0.459 e. The minimum absolute atomic E-state index is 0.320. The van der Waals surface area contributed by atoms with Crippen molar-refractivity contribution in [2.24, 2.45) is 5.73 Å². The standard InChI is InChI=1S/C16H13BrClNO/c1-9-13-8-11(17)5-6-14(13)20-16(9)15(19)10-3-2-4-12(18)7-10/h2-8,15H,19H2,1H3. The molecule has 4 heteroatoms. The third-order valence-electron chi connectivity index (χ3n) is 3.43. The Bertz CT molecular complexity index is 781. The molecule has 0 saturated heterocycles. The van der Waals surface area contributed by atoms with Gasteiger partial charge in [-0.15, -0.1) is 0 Å². The predicted molar refractivity (Wildman–Crippen MR) is 86.1 cm³/mol. The fraction of sp³-hybridized carbons (Fsp3) is 0.125. The number of rotatable bonds is 2. The lowest BCUT2D eigenvalue weighted by Gasteiger charge is -2.10. The van der Waals surface area contributed by atoms with Gasteiger partial charge in [0.1, 0.15) is 11.3 Å². The first-order valence-corrected chi connectivity index (χ1v) is 7.43. The second-order valence-electron chi connectivity index (χ2n) is 4.76. The number of hydrogen-bond acceptors (Lipinski definition) is 2. The second kappa shape index (κ2) is 5.24. The summed E-state index contributed by atoms with van der Waals surface area (Å²) in [6.07, 6.45) is 0. The third-order valence-corrected chi connectivity index (χ3v) is 4.15. The van der Waals surface area contributed by atoms with Gasteiger partial charge >= 0.3 is 0 Å². The number of halogens is 2. The summed E-state index contributed by atoms with van der Waals surface area (Å²) in [5, 5.41) is 1.75. The van der Waals surface area contributed by atoms with Gasteiger partial charge in [-0.2, -0.15) is 0 Å². The number of benzene rings is 2. The van der Waals surface area contributed by atoms with Gasteiger partial charge in [0.05, 0.1) is 6.04 Å². The molecule has 0 aliphatic rings. The number of hydrogen-bond donors (Lipinski definition) is 1. The maximum absolute atomic E-state index is 6.32. The molecule has 0 bridgehead atoms. The van der Waals surface area contributed by atoms with Gasteiger partial charge in [-0.3, -0.25) is 0 Å². The highest BCUT2D eigenvalue weighted by Crippen LogP contribution is 2.33. The molecule has 2 nitrogen and oxygen atoms in total. The lowest BCUT2D eigenvalue weighted by Crippen LogP contribution is -2.11. The SMILES string of the molecule is Cc1c(C(N)c2cccc(Cl)c2)oc2ccc(Br)cc12. The van der Waals surface area contributed by atoms with E-state index in [2.05, 4.69) is 15.9 Å². The van der Waals surface area contributed by atoms with E-state index in [0.29, 0.717) is 5.02 Å². The summed E-state index contributed by atoms with van der Waals surface area (Å²) < 4.78 is 6.95. The van der Waals surface area contributed by atoms with Gasteiger partial charge < -0.3 is 10.2 Å². The van der Waals surface area contributed by atoms with E-state index in [9.17, 15) is 0 Å². The Morgan fingerprint density at radius 1 is 1.20 bits per heavy atom. The molecule has 3 rings (SSSR count). The van der Waals surface area contributed by atoms with Crippen LogP contribution in [0.15, 0.2) is 51.4 Å².